The normalized spacial score (nSPS) is 16.6. The largest absolute Gasteiger partial charge is 0.330 e. The van der Waals surface area contributed by atoms with Gasteiger partial charge >= 0.3 is 0 Å². The van der Waals surface area contributed by atoms with Crippen LogP contribution in [-0.4, -0.2) is 44.7 Å². The summed E-state index contributed by atoms with van der Waals surface area (Å²) in [5, 5.41) is 3.24. The van der Waals surface area contributed by atoms with E-state index in [2.05, 4.69) is 37.9 Å². The van der Waals surface area contributed by atoms with Crippen LogP contribution in [0.3, 0.4) is 0 Å². The molecule has 1 heterocycles. The number of piperidine rings is 1. The summed E-state index contributed by atoms with van der Waals surface area (Å²) in [6.45, 7) is 18.7. The molecule has 0 amide bonds. The van der Waals surface area contributed by atoms with Gasteiger partial charge in [0.2, 0.25) is 0 Å². The molecule has 0 aromatic carbocycles. The van der Waals surface area contributed by atoms with Crippen LogP contribution >= 0.6 is 0 Å². The fraction of sp³-hybridized carbons (Fsp3) is 1.00. The Kier molecular flexibility index (Phi) is 16.3. The molecule has 21 heavy (non-hydrogen) atoms. The molecule has 3 heteroatoms. The lowest BCUT2D eigenvalue weighted by molar-refractivity contribution is 0.125. The predicted octanol–water partition coefficient (Wildman–Crippen LogP) is 3.74. The van der Waals surface area contributed by atoms with Gasteiger partial charge < -0.3 is 16.0 Å². The topological polar surface area (TPSA) is 41.3 Å². The van der Waals surface area contributed by atoms with Crippen LogP contribution in [-0.2, 0) is 0 Å². The molecule has 130 valence electrons. The van der Waals surface area contributed by atoms with Gasteiger partial charge in [-0.25, -0.2) is 0 Å². The molecule has 0 spiro atoms. The van der Waals surface area contributed by atoms with Gasteiger partial charge in [0, 0.05) is 6.54 Å². The van der Waals surface area contributed by atoms with E-state index in [-0.39, 0.29) is 0 Å². The van der Waals surface area contributed by atoms with Crippen molar-refractivity contribution in [2.45, 2.75) is 67.2 Å². The average molecular weight is 302 g/mol. The molecule has 0 radical (unpaired) electrons. The molecule has 1 rings (SSSR count). The molecule has 1 aliphatic rings. The van der Waals surface area contributed by atoms with Crippen LogP contribution in [0.1, 0.15) is 67.2 Å². The maximum Gasteiger partial charge on any atom is 0.00332 e. The SMILES string of the molecule is CC.CCC.CNCCC(C)(C)CN1CCC(CN)CC1. The molecule has 0 aromatic rings. The zero-order valence-corrected chi connectivity index (χ0v) is 16.0. The van der Waals surface area contributed by atoms with Crippen LogP contribution < -0.4 is 11.1 Å². The molecular formula is C18H43N3. The molecule has 0 unspecified atom stereocenters. The number of nitrogens with zero attached hydrogens (tertiary/aromatic N) is 1. The molecule has 0 bridgehead atoms. The molecule has 0 atom stereocenters. The number of nitrogens with one attached hydrogen (secondary N) is 1. The van der Waals surface area contributed by atoms with Crippen molar-refractivity contribution in [1.82, 2.24) is 10.2 Å². The van der Waals surface area contributed by atoms with Crippen molar-refractivity contribution in [1.29, 1.82) is 0 Å². The van der Waals surface area contributed by atoms with Gasteiger partial charge in [-0.15, -0.1) is 0 Å². The third-order valence-electron chi connectivity index (χ3n) is 3.74. The quantitative estimate of drug-likeness (QED) is 0.785. The van der Waals surface area contributed by atoms with Crippen molar-refractivity contribution in [2.24, 2.45) is 17.1 Å². The molecule has 0 aromatic heterocycles. The van der Waals surface area contributed by atoms with Crippen molar-refractivity contribution >= 4 is 0 Å². The minimum absolute atomic E-state index is 0.429. The molecule has 0 saturated carbocycles. The Morgan fingerprint density at radius 2 is 1.62 bits per heavy atom. The van der Waals surface area contributed by atoms with Crippen molar-refractivity contribution in [3.05, 3.63) is 0 Å². The minimum atomic E-state index is 0.429. The Morgan fingerprint density at radius 1 is 1.14 bits per heavy atom. The van der Waals surface area contributed by atoms with E-state index in [0.717, 1.165) is 19.0 Å². The second-order valence-electron chi connectivity index (χ2n) is 6.68. The van der Waals surface area contributed by atoms with Crippen LogP contribution in [0.25, 0.3) is 0 Å². The summed E-state index contributed by atoms with van der Waals surface area (Å²) >= 11 is 0. The summed E-state index contributed by atoms with van der Waals surface area (Å²) in [5.41, 5.74) is 6.14. The van der Waals surface area contributed by atoms with Gasteiger partial charge in [-0.2, -0.15) is 0 Å². The second-order valence-corrected chi connectivity index (χ2v) is 6.68. The minimum Gasteiger partial charge on any atom is -0.330 e. The van der Waals surface area contributed by atoms with Gasteiger partial charge in [0.1, 0.15) is 0 Å². The standard InChI is InChI=1S/C13H29N3.C3H8.C2H6/c1-13(2,6-7-15-3)11-16-8-4-12(10-14)5-9-16;1-3-2;1-2/h12,15H,4-11,14H2,1-3H3;3H2,1-2H3;1-2H3. The fourth-order valence-corrected chi connectivity index (χ4v) is 2.53. The Hall–Kier alpha value is -0.120. The van der Waals surface area contributed by atoms with Gasteiger partial charge in [0.15, 0.2) is 0 Å². The first kappa shape index (κ1) is 23.2. The van der Waals surface area contributed by atoms with E-state index in [0.29, 0.717) is 5.41 Å². The maximum atomic E-state index is 5.71. The predicted molar refractivity (Wildman–Crippen MR) is 97.9 cm³/mol. The lowest BCUT2D eigenvalue weighted by Crippen LogP contribution is -2.41. The molecular weight excluding hydrogens is 258 g/mol. The Labute approximate surface area is 135 Å². The molecule has 3 nitrogen and oxygen atoms in total. The summed E-state index contributed by atoms with van der Waals surface area (Å²) < 4.78 is 0. The Balaban J connectivity index is 0. The maximum absolute atomic E-state index is 5.71. The smallest absolute Gasteiger partial charge is 0.00332 e. The Morgan fingerprint density at radius 3 is 2.00 bits per heavy atom. The highest BCUT2D eigenvalue weighted by atomic mass is 15.1. The summed E-state index contributed by atoms with van der Waals surface area (Å²) in [6.07, 6.45) is 5.08. The van der Waals surface area contributed by atoms with Crippen LogP contribution in [0.2, 0.25) is 0 Å². The molecule has 1 fully saturated rings. The van der Waals surface area contributed by atoms with E-state index in [1.54, 1.807) is 0 Å². The van der Waals surface area contributed by atoms with Crippen LogP contribution in [0, 0.1) is 11.3 Å². The zero-order valence-electron chi connectivity index (χ0n) is 16.0. The van der Waals surface area contributed by atoms with Crippen LogP contribution in [0.5, 0.6) is 0 Å². The van der Waals surface area contributed by atoms with Crippen molar-refractivity contribution in [3.63, 3.8) is 0 Å². The number of likely N-dealkylation sites (tertiary alicyclic amines) is 1. The lowest BCUT2D eigenvalue weighted by atomic mass is 9.87. The van der Waals surface area contributed by atoms with E-state index in [1.807, 2.05) is 20.9 Å². The lowest BCUT2D eigenvalue weighted by Gasteiger charge is -2.37. The van der Waals surface area contributed by atoms with Gasteiger partial charge in [0.05, 0.1) is 0 Å². The average Bonchev–Trinajstić information content (AvgIpc) is 2.48. The number of hydrogen-bond donors (Lipinski definition) is 2. The highest BCUT2D eigenvalue weighted by Crippen LogP contribution is 2.24. The number of hydrogen-bond acceptors (Lipinski definition) is 3. The van der Waals surface area contributed by atoms with Crippen LogP contribution in [0.4, 0.5) is 0 Å². The first-order valence-electron chi connectivity index (χ1n) is 9.06. The summed E-state index contributed by atoms with van der Waals surface area (Å²) in [7, 11) is 2.03. The van der Waals surface area contributed by atoms with Crippen molar-refractivity contribution in [2.75, 3.05) is 39.8 Å². The van der Waals surface area contributed by atoms with Gasteiger partial charge in [-0.3, -0.25) is 0 Å². The van der Waals surface area contributed by atoms with E-state index in [9.17, 15) is 0 Å². The van der Waals surface area contributed by atoms with Crippen molar-refractivity contribution in [3.8, 4) is 0 Å². The molecule has 1 saturated heterocycles. The first-order valence-corrected chi connectivity index (χ1v) is 9.06. The number of rotatable bonds is 6. The molecule has 0 aliphatic carbocycles. The molecule has 3 N–H and O–H groups in total. The van der Waals surface area contributed by atoms with Gasteiger partial charge in [-0.05, 0) is 63.8 Å². The van der Waals surface area contributed by atoms with E-state index >= 15 is 0 Å². The Bertz CT molecular complexity index is 197. The van der Waals surface area contributed by atoms with E-state index in [1.165, 1.54) is 45.3 Å². The van der Waals surface area contributed by atoms with E-state index in [4.69, 9.17) is 5.73 Å². The summed E-state index contributed by atoms with van der Waals surface area (Å²) in [6, 6.07) is 0. The monoisotopic (exact) mass is 301 g/mol. The number of nitrogens with two attached hydrogens (primary N) is 1. The first-order chi connectivity index (χ1) is 9.99. The second kappa shape index (κ2) is 14.8. The van der Waals surface area contributed by atoms with Crippen LogP contribution in [0.15, 0.2) is 0 Å². The van der Waals surface area contributed by atoms with Gasteiger partial charge in [0.25, 0.3) is 0 Å². The highest BCUT2D eigenvalue weighted by molar-refractivity contribution is 4.79. The summed E-state index contributed by atoms with van der Waals surface area (Å²) in [4.78, 5) is 2.61. The zero-order chi connectivity index (χ0) is 16.7. The van der Waals surface area contributed by atoms with Crippen molar-refractivity contribution < 1.29 is 0 Å². The highest BCUT2D eigenvalue weighted by Gasteiger charge is 2.24. The fourth-order valence-electron chi connectivity index (χ4n) is 2.53. The third kappa shape index (κ3) is 13.3. The van der Waals surface area contributed by atoms with Gasteiger partial charge in [-0.1, -0.05) is 48.0 Å². The molecule has 1 aliphatic heterocycles. The van der Waals surface area contributed by atoms with E-state index < -0.39 is 0 Å². The summed E-state index contributed by atoms with van der Waals surface area (Å²) in [5.74, 6) is 0.775. The third-order valence-corrected chi connectivity index (χ3v) is 3.74.